The van der Waals surface area contributed by atoms with Crippen LogP contribution in [0.5, 0.6) is 11.5 Å². The molecule has 1 aromatic carbocycles. The summed E-state index contributed by atoms with van der Waals surface area (Å²) in [5.74, 6) is 2.16. The number of nitrogens with zero attached hydrogens (tertiary/aromatic N) is 2. The second-order valence-corrected chi connectivity index (χ2v) is 7.82. The van der Waals surface area contributed by atoms with Gasteiger partial charge in [-0.2, -0.15) is 10.2 Å². The molecule has 9 nitrogen and oxygen atoms in total. The summed E-state index contributed by atoms with van der Waals surface area (Å²) in [4.78, 5) is 23.2. The zero-order chi connectivity index (χ0) is 22.2. The fourth-order valence-electron chi connectivity index (χ4n) is 2.33. The average Bonchev–Trinajstić information content (AvgIpc) is 3.43. The Bertz CT molecular complexity index is 832. The SMILES string of the molecule is C#CCCC(=O)OCC1(COc2ccc(CCNC(=O)OC(C)(C)C)cc2O)N=N1. The van der Waals surface area contributed by atoms with Crippen LogP contribution in [0.4, 0.5) is 4.79 Å². The molecular formula is C21H27N3O6. The van der Waals surface area contributed by atoms with Gasteiger partial charge in [0.25, 0.3) is 5.66 Å². The van der Waals surface area contributed by atoms with Crippen LogP contribution in [-0.4, -0.2) is 48.2 Å². The van der Waals surface area contributed by atoms with E-state index in [2.05, 4.69) is 21.5 Å². The molecule has 9 heteroatoms. The highest BCUT2D eigenvalue weighted by molar-refractivity contribution is 5.69. The summed E-state index contributed by atoms with van der Waals surface area (Å²) in [5, 5.41) is 20.6. The molecule has 1 heterocycles. The second-order valence-electron chi connectivity index (χ2n) is 7.82. The highest BCUT2D eigenvalue weighted by atomic mass is 16.6. The number of phenolic OH excluding ortho intramolecular Hbond substituents is 1. The third-order valence-electron chi connectivity index (χ3n) is 3.88. The Hall–Kier alpha value is -3.28. The summed E-state index contributed by atoms with van der Waals surface area (Å²) in [6, 6.07) is 4.95. The van der Waals surface area contributed by atoms with Gasteiger partial charge in [-0.25, -0.2) is 4.79 Å². The van der Waals surface area contributed by atoms with E-state index < -0.39 is 23.3 Å². The first-order valence-electron chi connectivity index (χ1n) is 9.57. The van der Waals surface area contributed by atoms with Crippen LogP contribution >= 0.6 is 0 Å². The Balaban J connectivity index is 1.76. The van der Waals surface area contributed by atoms with Crippen LogP contribution in [0.1, 0.15) is 39.2 Å². The van der Waals surface area contributed by atoms with Gasteiger partial charge in [0.2, 0.25) is 0 Å². The van der Waals surface area contributed by atoms with Gasteiger partial charge < -0.3 is 24.6 Å². The van der Waals surface area contributed by atoms with Crippen LogP contribution in [0, 0.1) is 12.3 Å². The number of amides is 1. The normalized spacial score (nSPS) is 13.8. The Morgan fingerprint density at radius 2 is 2.00 bits per heavy atom. The molecule has 0 aromatic heterocycles. The number of benzene rings is 1. The maximum atomic E-state index is 11.6. The maximum absolute atomic E-state index is 11.6. The number of ether oxygens (including phenoxy) is 3. The summed E-state index contributed by atoms with van der Waals surface area (Å²) >= 11 is 0. The van der Waals surface area contributed by atoms with E-state index in [4.69, 9.17) is 20.6 Å². The van der Waals surface area contributed by atoms with E-state index >= 15 is 0 Å². The molecule has 1 amide bonds. The van der Waals surface area contributed by atoms with Gasteiger partial charge >= 0.3 is 12.1 Å². The summed E-state index contributed by atoms with van der Waals surface area (Å²) in [6.45, 7) is 5.73. The molecular weight excluding hydrogens is 390 g/mol. The number of carbonyl (C=O) groups excluding carboxylic acids is 2. The number of phenols is 1. The van der Waals surface area contributed by atoms with Crippen molar-refractivity contribution in [3.8, 4) is 23.8 Å². The van der Waals surface area contributed by atoms with Crippen molar-refractivity contribution in [2.24, 2.45) is 10.2 Å². The Kier molecular flexibility index (Phi) is 7.64. The summed E-state index contributed by atoms with van der Waals surface area (Å²) in [7, 11) is 0. The van der Waals surface area contributed by atoms with Crippen molar-refractivity contribution >= 4 is 12.1 Å². The Labute approximate surface area is 175 Å². The van der Waals surface area contributed by atoms with Gasteiger partial charge in [-0.3, -0.25) is 4.79 Å². The van der Waals surface area contributed by atoms with Crippen LogP contribution < -0.4 is 10.1 Å². The first-order valence-corrected chi connectivity index (χ1v) is 9.57. The zero-order valence-corrected chi connectivity index (χ0v) is 17.4. The predicted molar refractivity (Wildman–Crippen MR) is 108 cm³/mol. The molecule has 162 valence electrons. The Morgan fingerprint density at radius 1 is 1.27 bits per heavy atom. The first-order chi connectivity index (χ1) is 14.1. The fourth-order valence-corrected chi connectivity index (χ4v) is 2.33. The first kappa shape index (κ1) is 23.0. The molecule has 0 aliphatic carbocycles. The van der Waals surface area contributed by atoms with E-state index in [1.165, 1.54) is 0 Å². The number of hydrogen-bond donors (Lipinski definition) is 2. The summed E-state index contributed by atoms with van der Waals surface area (Å²) in [6.07, 6.45) is 5.57. The molecule has 0 saturated carbocycles. The van der Waals surface area contributed by atoms with Gasteiger partial charge in [0, 0.05) is 13.0 Å². The van der Waals surface area contributed by atoms with Crippen LogP contribution in [-0.2, 0) is 20.7 Å². The van der Waals surface area contributed by atoms with Gasteiger partial charge in [0.05, 0.1) is 6.42 Å². The van der Waals surface area contributed by atoms with Crippen molar-refractivity contribution in [2.75, 3.05) is 19.8 Å². The van der Waals surface area contributed by atoms with E-state index in [0.29, 0.717) is 19.4 Å². The fraction of sp³-hybridized carbons (Fsp3) is 0.524. The summed E-state index contributed by atoms with van der Waals surface area (Å²) < 4.78 is 15.8. The summed E-state index contributed by atoms with van der Waals surface area (Å²) in [5.41, 5.74) is -0.679. The number of aromatic hydroxyl groups is 1. The van der Waals surface area contributed by atoms with Gasteiger partial charge in [0.15, 0.2) is 11.5 Å². The van der Waals surface area contributed by atoms with E-state index in [1.54, 1.807) is 39.0 Å². The molecule has 2 N–H and O–H groups in total. The molecule has 30 heavy (non-hydrogen) atoms. The average molecular weight is 417 g/mol. The molecule has 1 aliphatic heterocycles. The molecule has 0 saturated heterocycles. The van der Waals surface area contributed by atoms with Crippen LogP contribution in [0.2, 0.25) is 0 Å². The van der Waals surface area contributed by atoms with E-state index in [-0.39, 0.29) is 31.1 Å². The molecule has 2 rings (SSSR count). The minimum absolute atomic E-state index is 0.0303. The number of carbonyl (C=O) groups is 2. The van der Waals surface area contributed by atoms with Gasteiger partial charge in [-0.1, -0.05) is 6.07 Å². The lowest BCUT2D eigenvalue weighted by molar-refractivity contribution is -0.144. The quantitative estimate of drug-likeness (QED) is 0.446. The van der Waals surface area contributed by atoms with Crippen molar-refractivity contribution in [3.05, 3.63) is 23.8 Å². The number of alkyl carbamates (subject to hydrolysis) is 1. The largest absolute Gasteiger partial charge is 0.504 e. The topological polar surface area (TPSA) is 119 Å². The monoisotopic (exact) mass is 417 g/mol. The third-order valence-corrected chi connectivity index (χ3v) is 3.88. The van der Waals surface area contributed by atoms with Crippen LogP contribution in [0.3, 0.4) is 0 Å². The molecule has 0 unspecified atom stereocenters. The van der Waals surface area contributed by atoms with Crippen LogP contribution in [0.15, 0.2) is 28.4 Å². The minimum Gasteiger partial charge on any atom is -0.504 e. The van der Waals surface area contributed by atoms with E-state index in [1.807, 2.05) is 0 Å². The van der Waals surface area contributed by atoms with Crippen molar-refractivity contribution in [1.29, 1.82) is 0 Å². The van der Waals surface area contributed by atoms with E-state index in [0.717, 1.165) is 5.56 Å². The maximum Gasteiger partial charge on any atom is 0.407 e. The van der Waals surface area contributed by atoms with Gasteiger partial charge in [0.1, 0.15) is 18.8 Å². The number of hydrogen-bond acceptors (Lipinski definition) is 8. The van der Waals surface area contributed by atoms with E-state index in [9.17, 15) is 14.7 Å². The highest BCUT2D eigenvalue weighted by Gasteiger charge is 2.43. The predicted octanol–water partition coefficient (Wildman–Crippen LogP) is 2.96. The lowest BCUT2D eigenvalue weighted by Crippen LogP contribution is -2.33. The number of esters is 1. The van der Waals surface area contributed by atoms with Crippen molar-refractivity contribution in [3.63, 3.8) is 0 Å². The molecule has 0 fully saturated rings. The lowest BCUT2D eigenvalue weighted by Gasteiger charge is -2.19. The Morgan fingerprint density at radius 3 is 2.60 bits per heavy atom. The van der Waals surface area contributed by atoms with Crippen molar-refractivity contribution in [1.82, 2.24) is 5.32 Å². The minimum atomic E-state index is -0.936. The standard InChI is InChI=1S/C21H27N3O6/c1-5-6-7-18(26)29-14-21(23-24-21)13-28-17-9-8-15(12-16(17)25)10-11-22-19(27)30-20(2,3)4/h1,8-9,12,25H,6-7,10-11,13-14H2,2-4H3,(H,22,27). The third kappa shape index (κ3) is 7.99. The smallest absolute Gasteiger partial charge is 0.407 e. The van der Waals surface area contributed by atoms with Crippen LogP contribution in [0.25, 0.3) is 0 Å². The highest BCUT2D eigenvalue weighted by Crippen LogP contribution is 2.33. The molecule has 0 atom stereocenters. The molecule has 0 radical (unpaired) electrons. The number of rotatable bonds is 10. The van der Waals surface area contributed by atoms with Crippen molar-refractivity contribution in [2.45, 2.75) is 51.3 Å². The second kappa shape index (κ2) is 9.96. The van der Waals surface area contributed by atoms with Gasteiger partial charge in [-0.05, 0) is 44.9 Å². The lowest BCUT2D eigenvalue weighted by atomic mass is 10.1. The molecule has 1 aromatic rings. The zero-order valence-electron chi connectivity index (χ0n) is 17.4. The number of terminal acetylenes is 1. The molecule has 0 bridgehead atoms. The van der Waals surface area contributed by atoms with Crippen molar-refractivity contribution < 1.29 is 28.9 Å². The molecule has 1 aliphatic rings. The number of nitrogens with one attached hydrogen (secondary N) is 1. The molecule has 0 spiro atoms. The van der Waals surface area contributed by atoms with Gasteiger partial charge in [-0.15, -0.1) is 12.3 Å².